The van der Waals surface area contributed by atoms with Gasteiger partial charge in [-0.25, -0.2) is 9.78 Å². The van der Waals surface area contributed by atoms with Gasteiger partial charge in [0, 0.05) is 18.4 Å². The van der Waals surface area contributed by atoms with Crippen molar-refractivity contribution in [2.45, 2.75) is 12.8 Å². The van der Waals surface area contributed by atoms with Gasteiger partial charge in [0.1, 0.15) is 5.82 Å². The van der Waals surface area contributed by atoms with Crippen molar-refractivity contribution in [1.82, 2.24) is 4.98 Å². The maximum atomic E-state index is 12.6. The highest BCUT2D eigenvalue weighted by molar-refractivity contribution is 6.07. The van der Waals surface area contributed by atoms with Crippen molar-refractivity contribution < 1.29 is 14.3 Å². The fraction of sp³-hybridized carbons (Fsp3) is 0.174. The van der Waals surface area contributed by atoms with Gasteiger partial charge in [0.15, 0.2) is 0 Å². The molecule has 4 rings (SSSR count). The van der Waals surface area contributed by atoms with Crippen molar-refractivity contribution in [1.29, 1.82) is 0 Å². The van der Waals surface area contributed by atoms with Gasteiger partial charge < -0.3 is 15.0 Å². The first-order valence-corrected chi connectivity index (χ1v) is 9.47. The first-order valence-electron chi connectivity index (χ1n) is 9.47. The maximum absolute atomic E-state index is 12.6. The molecular weight excluding hydrogens is 366 g/mol. The fourth-order valence-electron chi connectivity index (χ4n) is 3.53. The number of aryl methyl sites for hydroxylation is 1. The highest BCUT2D eigenvalue weighted by Gasteiger charge is 2.19. The molecule has 1 aliphatic heterocycles. The number of nitrogens with zero attached hydrogens (tertiary/aromatic N) is 2. The number of para-hydroxylation sites is 2. The van der Waals surface area contributed by atoms with Crippen molar-refractivity contribution in [3.8, 4) is 0 Å². The number of hydrogen-bond donors (Lipinski definition) is 1. The van der Waals surface area contributed by atoms with Gasteiger partial charge in [0.05, 0.1) is 23.9 Å². The topological polar surface area (TPSA) is 71.5 Å². The Kier molecular flexibility index (Phi) is 5.24. The number of carbonyl (C=O) groups is 2. The molecule has 0 atom stereocenters. The van der Waals surface area contributed by atoms with Gasteiger partial charge >= 0.3 is 5.97 Å². The second-order valence-corrected chi connectivity index (χ2v) is 6.78. The number of aromatic nitrogens is 1. The van der Waals surface area contributed by atoms with E-state index in [1.165, 1.54) is 12.7 Å². The summed E-state index contributed by atoms with van der Waals surface area (Å²) in [6.45, 7) is 0.891. The van der Waals surface area contributed by atoms with Gasteiger partial charge in [-0.15, -0.1) is 0 Å². The van der Waals surface area contributed by atoms with E-state index >= 15 is 0 Å². The average molecular weight is 387 g/mol. The van der Waals surface area contributed by atoms with E-state index in [-0.39, 0.29) is 5.91 Å². The van der Waals surface area contributed by atoms with E-state index in [2.05, 4.69) is 33.4 Å². The minimum absolute atomic E-state index is 0.304. The minimum Gasteiger partial charge on any atom is -0.465 e. The van der Waals surface area contributed by atoms with Crippen LogP contribution in [0.3, 0.4) is 0 Å². The molecular formula is C23H21N3O3. The number of anilines is 3. The van der Waals surface area contributed by atoms with Crippen LogP contribution in [0.1, 0.15) is 32.7 Å². The zero-order chi connectivity index (χ0) is 20.2. The summed E-state index contributed by atoms with van der Waals surface area (Å²) in [5.41, 5.74) is 3.59. The number of methoxy groups -OCH3 is 1. The van der Waals surface area contributed by atoms with Gasteiger partial charge in [-0.05, 0) is 48.7 Å². The molecule has 0 saturated heterocycles. The predicted molar refractivity (Wildman–Crippen MR) is 112 cm³/mol. The molecule has 0 saturated carbocycles. The van der Waals surface area contributed by atoms with Crippen molar-refractivity contribution in [2.24, 2.45) is 0 Å². The van der Waals surface area contributed by atoms with Gasteiger partial charge in [-0.2, -0.15) is 0 Å². The molecule has 2 aromatic carbocycles. The minimum atomic E-state index is -0.502. The lowest BCUT2D eigenvalue weighted by Gasteiger charge is -2.30. The molecule has 146 valence electrons. The molecule has 0 radical (unpaired) electrons. The lowest BCUT2D eigenvalue weighted by molar-refractivity contribution is 0.0602. The molecule has 2 heterocycles. The number of rotatable bonds is 4. The zero-order valence-electron chi connectivity index (χ0n) is 16.1. The third-order valence-electron chi connectivity index (χ3n) is 4.98. The van der Waals surface area contributed by atoms with Crippen molar-refractivity contribution in [2.75, 3.05) is 23.9 Å². The fourth-order valence-corrected chi connectivity index (χ4v) is 3.53. The molecule has 0 spiro atoms. The number of hydrogen-bond acceptors (Lipinski definition) is 5. The Morgan fingerprint density at radius 3 is 2.62 bits per heavy atom. The van der Waals surface area contributed by atoms with E-state index < -0.39 is 5.97 Å². The highest BCUT2D eigenvalue weighted by Crippen LogP contribution is 2.32. The summed E-state index contributed by atoms with van der Waals surface area (Å²) in [6, 6.07) is 18.6. The second kappa shape index (κ2) is 8.14. The molecule has 3 aromatic rings. The average Bonchev–Trinajstić information content (AvgIpc) is 2.78. The first kappa shape index (κ1) is 18.7. The smallest absolute Gasteiger partial charge is 0.339 e. The summed E-state index contributed by atoms with van der Waals surface area (Å²) < 4.78 is 4.77. The van der Waals surface area contributed by atoms with Crippen LogP contribution >= 0.6 is 0 Å². The van der Waals surface area contributed by atoms with E-state index in [0.717, 1.165) is 30.9 Å². The summed E-state index contributed by atoms with van der Waals surface area (Å²) in [5.74, 6) is -0.0266. The second-order valence-electron chi connectivity index (χ2n) is 6.78. The van der Waals surface area contributed by atoms with Crippen LogP contribution in [0.4, 0.5) is 17.2 Å². The quantitative estimate of drug-likeness (QED) is 0.679. The van der Waals surface area contributed by atoms with E-state index in [0.29, 0.717) is 16.8 Å². The molecule has 0 unspecified atom stereocenters. The lowest BCUT2D eigenvalue weighted by Crippen LogP contribution is -2.25. The normalized spacial score (nSPS) is 12.8. The first-order chi connectivity index (χ1) is 14.2. The largest absolute Gasteiger partial charge is 0.465 e. The van der Waals surface area contributed by atoms with Crippen molar-refractivity contribution in [3.05, 3.63) is 83.6 Å². The van der Waals surface area contributed by atoms with E-state index in [1.807, 2.05) is 12.1 Å². The number of benzene rings is 2. The Bertz CT molecular complexity index is 1050. The Morgan fingerprint density at radius 1 is 1.03 bits per heavy atom. The number of fused-ring (bicyclic) bond motifs is 1. The standard InChI is InChI=1S/C23H21N3O3/c1-29-23(28)18-9-3-4-10-19(18)25-22(27)17-12-13-21(24-15-17)26-14-6-8-16-7-2-5-11-20(16)26/h2-5,7,9-13,15H,6,8,14H2,1H3,(H,25,27). The van der Waals surface area contributed by atoms with Gasteiger partial charge in [0.25, 0.3) is 5.91 Å². The summed E-state index contributed by atoms with van der Waals surface area (Å²) in [5, 5.41) is 2.76. The molecule has 29 heavy (non-hydrogen) atoms. The molecule has 1 N–H and O–H groups in total. The van der Waals surface area contributed by atoms with E-state index in [1.54, 1.807) is 36.5 Å². The third-order valence-corrected chi connectivity index (χ3v) is 4.98. The summed E-state index contributed by atoms with van der Waals surface area (Å²) in [4.78, 5) is 31.2. The molecule has 1 amide bonds. The maximum Gasteiger partial charge on any atom is 0.339 e. The Morgan fingerprint density at radius 2 is 1.83 bits per heavy atom. The van der Waals surface area contributed by atoms with Crippen LogP contribution < -0.4 is 10.2 Å². The van der Waals surface area contributed by atoms with Crippen LogP contribution in [0.15, 0.2) is 66.9 Å². The molecule has 0 fully saturated rings. The Hall–Kier alpha value is -3.67. The van der Waals surface area contributed by atoms with Crippen LogP contribution in [0.2, 0.25) is 0 Å². The van der Waals surface area contributed by atoms with Gasteiger partial charge in [-0.1, -0.05) is 30.3 Å². The molecule has 0 bridgehead atoms. The Balaban J connectivity index is 1.54. The number of pyridine rings is 1. The molecule has 6 heteroatoms. The van der Waals surface area contributed by atoms with E-state index in [4.69, 9.17) is 4.74 Å². The van der Waals surface area contributed by atoms with Crippen LogP contribution in [0.5, 0.6) is 0 Å². The van der Waals surface area contributed by atoms with Gasteiger partial charge in [-0.3, -0.25) is 4.79 Å². The van der Waals surface area contributed by atoms with Crippen molar-refractivity contribution in [3.63, 3.8) is 0 Å². The summed E-state index contributed by atoms with van der Waals surface area (Å²) in [7, 11) is 1.31. The predicted octanol–water partition coefficient (Wildman–Crippen LogP) is 4.20. The third kappa shape index (κ3) is 3.82. The number of ether oxygens (including phenoxy) is 1. The molecule has 1 aliphatic rings. The number of amides is 1. The number of nitrogens with one attached hydrogen (secondary N) is 1. The summed E-state index contributed by atoms with van der Waals surface area (Å²) >= 11 is 0. The summed E-state index contributed by atoms with van der Waals surface area (Å²) in [6.07, 6.45) is 3.68. The zero-order valence-corrected chi connectivity index (χ0v) is 16.1. The van der Waals surface area contributed by atoms with Crippen molar-refractivity contribution >= 4 is 29.1 Å². The van der Waals surface area contributed by atoms with Gasteiger partial charge in [0.2, 0.25) is 0 Å². The molecule has 6 nitrogen and oxygen atoms in total. The van der Waals surface area contributed by atoms with Crippen LogP contribution in [-0.4, -0.2) is 30.5 Å². The molecule has 1 aromatic heterocycles. The highest BCUT2D eigenvalue weighted by atomic mass is 16.5. The van der Waals surface area contributed by atoms with E-state index in [9.17, 15) is 9.59 Å². The van der Waals surface area contributed by atoms with Crippen LogP contribution in [0.25, 0.3) is 0 Å². The SMILES string of the molecule is COC(=O)c1ccccc1NC(=O)c1ccc(N2CCCc3ccccc32)nc1. The molecule has 0 aliphatic carbocycles. The van der Waals surface area contributed by atoms with Crippen LogP contribution in [0, 0.1) is 0 Å². The lowest BCUT2D eigenvalue weighted by atomic mass is 10.0. The van der Waals surface area contributed by atoms with Crippen LogP contribution in [-0.2, 0) is 11.2 Å². The number of esters is 1. The monoisotopic (exact) mass is 387 g/mol. The number of carbonyl (C=O) groups excluding carboxylic acids is 2. The Labute approximate surface area is 169 Å².